The van der Waals surface area contributed by atoms with Crippen LogP contribution in [0.2, 0.25) is 10.0 Å². The molecule has 0 aliphatic heterocycles. The average Bonchev–Trinajstić information content (AvgIpc) is 2.89. The Hall–Kier alpha value is -1.24. The van der Waals surface area contributed by atoms with Crippen molar-refractivity contribution in [3.8, 4) is 5.69 Å². The van der Waals surface area contributed by atoms with Crippen molar-refractivity contribution in [2.45, 2.75) is 31.5 Å². The van der Waals surface area contributed by atoms with Crippen LogP contribution in [0.5, 0.6) is 0 Å². The highest BCUT2D eigenvalue weighted by Gasteiger charge is 2.36. The molecule has 22 heavy (non-hydrogen) atoms. The molecule has 1 aromatic carbocycles. The molecule has 0 fully saturated rings. The van der Waals surface area contributed by atoms with Gasteiger partial charge in [-0.05, 0) is 31.9 Å². The minimum absolute atomic E-state index is 0.152. The van der Waals surface area contributed by atoms with Crippen LogP contribution in [0, 0.1) is 0 Å². The maximum atomic E-state index is 12.7. The van der Waals surface area contributed by atoms with E-state index in [-0.39, 0.29) is 15.7 Å². The van der Waals surface area contributed by atoms with Gasteiger partial charge in [0.05, 0.1) is 26.9 Å². The summed E-state index contributed by atoms with van der Waals surface area (Å²) >= 11 is 11.9. The first-order valence-electron chi connectivity index (χ1n) is 6.47. The van der Waals surface area contributed by atoms with Gasteiger partial charge in [-0.3, -0.25) is 0 Å². The number of benzene rings is 1. The van der Waals surface area contributed by atoms with E-state index in [1.807, 2.05) is 0 Å². The van der Waals surface area contributed by atoms with E-state index in [1.54, 1.807) is 13.1 Å². The van der Waals surface area contributed by atoms with Gasteiger partial charge < -0.3 is 5.11 Å². The second-order valence-electron chi connectivity index (χ2n) is 5.49. The number of nitrogens with zero attached hydrogens (tertiary/aromatic N) is 2. The zero-order valence-corrected chi connectivity index (χ0v) is 12.9. The highest BCUT2D eigenvalue weighted by molar-refractivity contribution is 6.37. The molecular weight excluding hydrogens is 340 g/mol. The van der Waals surface area contributed by atoms with Crippen molar-refractivity contribution in [1.29, 1.82) is 0 Å². The number of rotatable bonds is 1. The Morgan fingerprint density at radius 1 is 1.27 bits per heavy atom. The summed E-state index contributed by atoms with van der Waals surface area (Å²) in [6.45, 7) is 1.67. The number of aromatic nitrogens is 2. The number of hydrogen-bond acceptors (Lipinski definition) is 2. The quantitative estimate of drug-likeness (QED) is 0.830. The highest BCUT2D eigenvalue weighted by Crippen LogP contribution is 2.40. The van der Waals surface area contributed by atoms with Crippen molar-refractivity contribution >= 4 is 23.2 Å². The van der Waals surface area contributed by atoms with Crippen LogP contribution in [-0.2, 0) is 18.2 Å². The first-order valence-corrected chi connectivity index (χ1v) is 7.23. The molecule has 118 valence electrons. The lowest BCUT2D eigenvalue weighted by Gasteiger charge is -2.16. The molecule has 1 aliphatic carbocycles. The van der Waals surface area contributed by atoms with Gasteiger partial charge >= 0.3 is 6.18 Å². The molecule has 0 radical (unpaired) electrons. The fourth-order valence-electron chi connectivity index (χ4n) is 2.60. The molecule has 1 unspecified atom stereocenters. The van der Waals surface area contributed by atoms with E-state index in [2.05, 4.69) is 5.10 Å². The first kappa shape index (κ1) is 15.6. The summed E-state index contributed by atoms with van der Waals surface area (Å²) in [4.78, 5) is 0. The molecule has 1 aliphatic rings. The lowest BCUT2D eigenvalue weighted by atomic mass is 10.0. The molecule has 8 heteroatoms. The standard InChI is InChI=1S/C14H11Cl2F3N2O/c1-13(22)3-2-11-8(13)6-21(20-11)12-9(15)4-7(5-10(12)16)14(17,18)19/h4-6,22H,2-3H2,1H3. The smallest absolute Gasteiger partial charge is 0.385 e. The van der Waals surface area contributed by atoms with Crippen LogP contribution in [0.1, 0.15) is 30.2 Å². The third-order valence-electron chi connectivity index (χ3n) is 3.79. The van der Waals surface area contributed by atoms with Crippen LogP contribution in [0.15, 0.2) is 18.3 Å². The van der Waals surface area contributed by atoms with Crippen molar-refractivity contribution < 1.29 is 18.3 Å². The van der Waals surface area contributed by atoms with Crippen LogP contribution in [-0.4, -0.2) is 14.9 Å². The lowest BCUT2D eigenvalue weighted by Crippen LogP contribution is -2.16. The van der Waals surface area contributed by atoms with Crippen molar-refractivity contribution in [2.75, 3.05) is 0 Å². The van der Waals surface area contributed by atoms with Gasteiger partial charge in [-0.2, -0.15) is 18.3 Å². The average molecular weight is 351 g/mol. The fourth-order valence-corrected chi connectivity index (χ4v) is 3.26. The van der Waals surface area contributed by atoms with Gasteiger partial charge in [0.15, 0.2) is 0 Å². The molecule has 0 saturated carbocycles. The Balaban J connectivity index is 2.11. The maximum Gasteiger partial charge on any atom is 0.416 e. The number of alkyl halides is 3. The molecule has 1 heterocycles. The summed E-state index contributed by atoms with van der Waals surface area (Å²) in [5.74, 6) is 0. The summed E-state index contributed by atoms with van der Waals surface area (Å²) in [5, 5.41) is 14.2. The normalized spacial score (nSPS) is 21.2. The number of aliphatic hydroxyl groups is 1. The van der Waals surface area contributed by atoms with E-state index in [1.165, 1.54) is 4.68 Å². The van der Waals surface area contributed by atoms with Gasteiger partial charge in [-0.1, -0.05) is 23.2 Å². The molecule has 1 aromatic heterocycles. The number of fused-ring (bicyclic) bond motifs is 1. The van der Waals surface area contributed by atoms with Crippen LogP contribution < -0.4 is 0 Å². The molecule has 1 atom stereocenters. The van der Waals surface area contributed by atoms with Crippen LogP contribution in [0.3, 0.4) is 0 Å². The summed E-state index contributed by atoms with van der Waals surface area (Å²) in [6.07, 6.45) is -1.82. The fraction of sp³-hybridized carbons (Fsp3) is 0.357. The SMILES string of the molecule is CC1(O)CCc2nn(-c3c(Cl)cc(C(F)(F)F)cc3Cl)cc21. The molecule has 0 amide bonds. The third kappa shape index (κ3) is 2.49. The number of halogens is 5. The molecule has 0 bridgehead atoms. The van der Waals surface area contributed by atoms with Crippen molar-refractivity contribution in [3.05, 3.63) is 45.2 Å². The summed E-state index contributed by atoms with van der Waals surface area (Å²) in [5.41, 5.74) is -0.422. The Labute approximate surface area is 134 Å². The molecule has 0 spiro atoms. The first-order chi connectivity index (χ1) is 10.1. The van der Waals surface area contributed by atoms with E-state index in [9.17, 15) is 18.3 Å². The van der Waals surface area contributed by atoms with Crippen LogP contribution >= 0.6 is 23.2 Å². The zero-order chi connectivity index (χ0) is 16.3. The molecule has 3 rings (SSSR count). The topological polar surface area (TPSA) is 38.1 Å². The molecule has 2 aromatic rings. The Bertz CT molecular complexity index is 730. The van der Waals surface area contributed by atoms with Crippen LogP contribution in [0.25, 0.3) is 5.69 Å². The van der Waals surface area contributed by atoms with Crippen LogP contribution in [0.4, 0.5) is 13.2 Å². The second-order valence-corrected chi connectivity index (χ2v) is 6.31. The van der Waals surface area contributed by atoms with Gasteiger partial charge in [-0.25, -0.2) is 4.68 Å². The largest absolute Gasteiger partial charge is 0.416 e. The molecule has 1 N–H and O–H groups in total. The Morgan fingerprint density at radius 3 is 2.36 bits per heavy atom. The monoisotopic (exact) mass is 350 g/mol. The van der Waals surface area contributed by atoms with Crippen molar-refractivity contribution in [1.82, 2.24) is 9.78 Å². The van der Waals surface area contributed by atoms with Gasteiger partial charge in [0.2, 0.25) is 0 Å². The van der Waals surface area contributed by atoms with Gasteiger partial charge in [0.1, 0.15) is 5.69 Å². The van der Waals surface area contributed by atoms with E-state index in [4.69, 9.17) is 23.2 Å². The van der Waals surface area contributed by atoms with Crippen molar-refractivity contribution in [3.63, 3.8) is 0 Å². The van der Waals surface area contributed by atoms with E-state index in [0.29, 0.717) is 24.1 Å². The van der Waals surface area contributed by atoms with Crippen molar-refractivity contribution in [2.24, 2.45) is 0 Å². The third-order valence-corrected chi connectivity index (χ3v) is 4.37. The van der Waals surface area contributed by atoms with E-state index in [0.717, 1.165) is 12.1 Å². The molecule has 3 nitrogen and oxygen atoms in total. The van der Waals surface area contributed by atoms with E-state index < -0.39 is 17.3 Å². The summed E-state index contributed by atoms with van der Waals surface area (Å²) in [7, 11) is 0. The van der Waals surface area contributed by atoms with Gasteiger partial charge in [-0.15, -0.1) is 0 Å². The highest BCUT2D eigenvalue weighted by atomic mass is 35.5. The molecule has 0 saturated heterocycles. The number of aryl methyl sites for hydroxylation is 1. The zero-order valence-electron chi connectivity index (χ0n) is 11.4. The van der Waals surface area contributed by atoms with E-state index >= 15 is 0 Å². The summed E-state index contributed by atoms with van der Waals surface area (Å²) < 4.78 is 39.6. The maximum absolute atomic E-state index is 12.7. The van der Waals surface area contributed by atoms with Gasteiger partial charge in [0.25, 0.3) is 0 Å². The van der Waals surface area contributed by atoms with Gasteiger partial charge in [0, 0.05) is 11.8 Å². The number of hydrogen-bond donors (Lipinski definition) is 1. The summed E-state index contributed by atoms with van der Waals surface area (Å²) in [6, 6.07) is 1.63. The lowest BCUT2D eigenvalue weighted by molar-refractivity contribution is -0.137. The Morgan fingerprint density at radius 2 is 1.86 bits per heavy atom. The molecular formula is C14H11Cl2F3N2O. The minimum atomic E-state index is -4.53. The predicted molar refractivity (Wildman–Crippen MR) is 76.5 cm³/mol. The Kier molecular flexibility index (Phi) is 3.47. The minimum Gasteiger partial charge on any atom is -0.385 e. The predicted octanol–water partition coefficient (Wildman–Crippen LogP) is 4.35. The second kappa shape index (κ2) is 4.88.